The third-order valence-corrected chi connectivity index (χ3v) is 3.11. The molecule has 0 heterocycles. The quantitative estimate of drug-likeness (QED) is 0.910. The monoisotopic (exact) mass is 274 g/mol. The second kappa shape index (κ2) is 6.06. The van der Waals surface area contributed by atoms with Gasteiger partial charge in [0.05, 0.1) is 6.10 Å². The molecule has 1 atom stereocenters. The summed E-state index contributed by atoms with van der Waals surface area (Å²) in [6, 6.07) is 10.7. The Labute approximate surface area is 118 Å². The first-order valence-electron chi connectivity index (χ1n) is 6.63. The fraction of sp³-hybridized carbons (Fsp3) is 0.294. The molecular formula is C17H19FO2. The van der Waals surface area contributed by atoms with Crippen LogP contribution in [0, 0.1) is 19.7 Å². The summed E-state index contributed by atoms with van der Waals surface area (Å²) in [6.45, 7) is 6.01. The molecular weight excluding hydrogens is 255 g/mol. The molecule has 0 aliphatic heterocycles. The molecule has 0 saturated heterocycles. The zero-order valence-electron chi connectivity index (χ0n) is 12.0. The normalized spacial score (nSPS) is 12.2. The Hall–Kier alpha value is -1.87. The van der Waals surface area contributed by atoms with Crippen molar-refractivity contribution in [2.45, 2.75) is 33.5 Å². The molecule has 106 valence electrons. The highest BCUT2D eigenvalue weighted by atomic mass is 19.1. The van der Waals surface area contributed by atoms with Crippen molar-refractivity contribution >= 4 is 0 Å². The lowest BCUT2D eigenvalue weighted by Gasteiger charge is -2.11. The Morgan fingerprint density at radius 2 is 1.75 bits per heavy atom. The van der Waals surface area contributed by atoms with Gasteiger partial charge >= 0.3 is 0 Å². The zero-order chi connectivity index (χ0) is 14.7. The van der Waals surface area contributed by atoms with Crippen molar-refractivity contribution in [1.82, 2.24) is 0 Å². The maximum absolute atomic E-state index is 13.7. The zero-order valence-corrected chi connectivity index (χ0v) is 12.0. The van der Waals surface area contributed by atoms with E-state index in [0.717, 1.165) is 5.56 Å². The number of benzene rings is 2. The van der Waals surface area contributed by atoms with Crippen molar-refractivity contribution in [2.75, 3.05) is 0 Å². The van der Waals surface area contributed by atoms with Crippen molar-refractivity contribution in [3.8, 4) is 5.75 Å². The van der Waals surface area contributed by atoms with E-state index in [0.29, 0.717) is 12.4 Å². The van der Waals surface area contributed by atoms with Gasteiger partial charge in [-0.25, -0.2) is 4.39 Å². The highest BCUT2D eigenvalue weighted by molar-refractivity contribution is 5.31. The number of hydrogen-bond acceptors (Lipinski definition) is 2. The van der Waals surface area contributed by atoms with Gasteiger partial charge in [-0.2, -0.15) is 0 Å². The van der Waals surface area contributed by atoms with E-state index in [2.05, 4.69) is 6.07 Å². The molecule has 2 aromatic rings. The summed E-state index contributed by atoms with van der Waals surface area (Å²) < 4.78 is 19.3. The molecule has 0 fully saturated rings. The molecule has 0 spiro atoms. The average Bonchev–Trinajstić information content (AvgIpc) is 2.35. The van der Waals surface area contributed by atoms with Gasteiger partial charge < -0.3 is 9.84 Å². The minimum atomic E-state index is -0.816. The van der Waals surface area contributed by atoms with Gasteiger partial charge in [-0.15, -0.1) is 0 Å². The first kappa shape index (κ1) is 14.5. The Kier molecular flexibility index (Phi) is 4.40. The van der Waals surface area contributed by atoms with Gasteiger partial charge in [0.25, 0.3) is 0 Å². The maximum atomic E-state index is 13.7. The lowest BCUT2D eigenvalue weighted by atomic mass is 10.1. The van der Waals surface area contributed by atoms with Crippen LogP contribution in [0.25, 0.3) is 0 Å². The summed E-state index contributed by atoms with van der Waals surface area (Å²) in [6.07, 6.45) is -0.816. The van der Waals surface area contributed by atoms with Crippen molar-refractivity contribution in [3.63, 3.8) is 0 Å². The van der Waals surface area contributed by atoms with E-state index in [1.54, 1.807) is 12.1 Å². The van der Waals surface area contributed by atoms with E-state index in [4.69, 9.17) is 4.74 Å². The van der Waals surface area contributed by atoms with Crippen LogP contribution < -0.4 is 4.74 Å². The fourth-order valence-electron chi connectivity index (χ4n) is 2.26. The second-order valence-electron chi connectivity index (χ2n) is 5.14. The van der Waals surface area contributed by atoms with Crippen LogP contribution in [-0.2, 0) is 6.61 Å². The summed E-state index contributed by atoms with van der Waals surface area (Å²) >= 11 is 0. The highest BCUT2D eigenvalue weighted by Crippen LogP contribution is 2.22. The molecule has 0 aliphatic carbocycles. The molecule has 0 unspecified atom stereocenters. The van der Waals surface area contributed by atoms with Crippen LogP contribution in [0.4, 0.5) is 4.39 Å². The fourth-order valence-corrected chi connectivity index (χ4v) is 2.26. The van der Waals surface area contributed by atoms with E-state index in [1.165, 1.54) is 24.1 Å². The lowest BCUT2D eigenvalue weighted by Crippen LogP contribution is -1.99. The highest BCUT2D eigenvalue weighted by Gasteiger charge is 2.09. The van der Waals surface area contributed by atoms with Crippen LogP contribution in [0.3, 0.4) is 0 Å². The van der Waals surface area contributed by atoms with Crippen LogP contribution in [0.2, 0.25) is 0 Å². The minimum Gasteiger partial charge on any atom is -0.489 e. The summed E-state index contributed by atoms with van der Waals surface area (Å²) in [5, 5.41) is 9.38. The molecule has 2 nitrogen and oxygen atoms in total. The van der Waals surface area contributed by atoms with Gasteiger partial charge in [0.15, 0.2) is 0 Å². The molecule has 2 rings (SSSR count). The van der Waals surface area contributed by atoms with Crippen LogP contribution in [-0.4, -0.2) is 5.11 Å². The van der Waals surface area contributed by atoms with E-state index in [1.807, 2.05) is 26.0 Å². The molecule has 3 heteroatoms. The third kappa shape index (κ3) is 3.58. The summed E-state index contributed by atoms with van der Waals surface area (Å²) in [5.41, 5.74) is 3.70. The van der Waals surface area contributed by atoms with E-state index in [9.17, 15) is 9.50 Å². The predicted octanol–water partition coefficient (Wildman–Crippen LogP) is 4.07. The molecule has 20 heavy (non-hydrogen) atoms. The van der Waals surface area contributed by atoms with Crippen LogP contribution in [0.5, 0.6) is 5.75 Å². The molecule has 0 radical (unpaired) electrons. The molecule has 0 bridgehead atoms. The Morgan fingerprint density at radius 1 is 1.10 bits per heavy atom. The molecule has 0 amide bonds. The SMILES string of the molecule is Cc1cc(C)cc(COc2ccc([C@@H](C)O)c(F)c2)c1. The van der Waals surface area contributed by atoms with Crippen molar-refractivity contribution < 1.29 is 14.2 Å². The summed E-state index contributed by atoms with van der Waals surface area (Å²) in [5.74, 6) is 0.0176. The second-order valence-corrected chi connectivity index (χ2v) is 5.14. The van der Waals surface area contributed by atoms with Gasteiger partial charge in [0, 0.05) is 11.6 Å². The predicted molar refractivity (Wildman–Crippen MR) is 77.3 cm³/mol. The van der Waals surface area contributed by atoms with E-state index < -0.39 is 11.9 Å². The lowest BCUT2D eigenvalue weighted by molar-refractivity contribution is 0.194. The minimum absolute atomic E-state index is 0.281. The van der Waals surface area contributed by atoms with Crippen molar-refractivity contribution in [2.24, 2.45) is 0 Å². The molecule has 1 N–H and O–H groups in total. The standard InChI is InChI=1S/C17H19FO2/c1-11-6-12(2)8-14(7-11)10-20-15-4-5-16(13(3)19)17(18)9-15/h4-9,13,19H,10H2,1-3H3/t13-/m1/s1. The smallest absolute Gasteiger partial charge is 0.132 e. The Balaban J connectivity index is 2.09. The topological polar surface area (TPSA) is 29.5 Å². The Bertz CT molecular complexity index is 586. The van der Waals surface area contributed by atoms with Crippen LogP contribution in [0.1, 0.15) is 35.3 Å². The van der Waals surface area contributed by atoms with Gasteiger partial charge in [-0.3, -0.25) is 0 Å². The van der Waals surface area contributed by atoms with Gasteiger partial charge in [-0.1, -0.05) is 29.3 Å². The molecule has 0 aliphatic rings. The van der Waals surface area contributed by atoms with Gasteiger partial charge in [0.2, 0.25) is 0 Å². The summed E-state index contributed by atoms with van der Waals surface area (Å²) in [4.78, 5) is 0. The maximum Gasteiger partial charge on any atom is 0.132 e. The number of aliphatic hydroxyl groups excluding tert-OH is 1. The van der Waals surface area contributed by atoms with Gasteiger partial charge in [-0.05, 0) is 38.5 Å². The Morgan fingerprint density at radius 3 is 2.30 bits per heavy atom. The number of ether oxygens (including phenoxy) is 1. The van der Waals surface area contributed by atoms with Crippen LogP contribution >= 0.6 is 0 Å². The first-order chi connectivity index (χ1) is 9.45. The largest absolute Gasteiger partial charge is 0.489 e. The number of rotatable bonds is 4. The molecule has 0 aromatic heterocycles. The van der Waals surface area contributed by atoms with E-state index >= 15 is 0 Å². The first-order valence-corrected chi connectivity index (χ1v) is 6.63. The number of halogens is 1. The number of aliphatic hydroxyl groups is 1. The number of hydrogen-bond donors (Lipinski definition) is 1. The molecule has 2 aromatic carbocycles. The summed E-state index contributed by atoms with van der Waals surface area (Å²) in [7, 11) is 0. The van der Waals surface area contributed by atoms with Gasteiger partial charge in [0.1, 0.15) is 18.2 Å². The number of aryl methyl sites for hydroxylation is 2. The average molecular weight is 274 g/mol. The van der Waals surface area contributed by atoms with Crippen molar-refractivity contribution in [3.05, 3.63) is 64.5 Å². The van der Waals surface area contributed by atoms with Crippen LogP contribution in [0.15, 0.2) is 36.4 Å². The third-order valence-electron chi connectivity index (χ3n) is 3.11. The van der Waals surface area contributed by atoms with Crippen molar-refractivity contribution in [1.29, 1.82) is 0 Å². The van der Waals surface area contributed by atoms with E-state index in [-0.39, 0.29) is 5.56 Å². The molecule has 0 saturated carbocycles.